The number of hydrogen-bond acceptors (Lipinski definition) is 8. The van der Waals surface area contributed by atoms with Gasteiger partial charge in [-0.3, -0.25) is 14.5 Å². The average Bonchev–Trinajstić information content (AvgIpc) is 3.42. The first-order valence-corrected chi connectivity index (χ1v) is 13.4. The van der Waals surface area contributed by atoms with Crippen molar-refractivity contribution in [1.29, 1.82) is 0 Å². The van der Waals surface area contributed by atoms with Crippen LogP contribution in [-0.2, 0) is 14.3 Å². The number of aryl methyl sites for hydroxylation is 2. The van der Waals surface area contributed by atoms with E-state index in [2.05, 4.69) is 11.9 Å². The molecule has 1 aromatic heterocycles. The number of ether oxygens (including phenoxy) is 2. The van der Waals surface area contributed by atoms with Gasteiger partial charge in [-0.25, -0.2) is 14.2 Å². The minimum absolute atomic E-state index is 0.0585. The number of Topliss-reactive ketones (excluding diaryl/α,β-unsaturated/α-hetero) is 1. The van der Waals surface area contributed by atoms with Crippen LogP contribution in [-0.4, -0.2) is 41.0 Å². The lowest BCUT2D eigenvalue weighted by Crippen LogP contribution is -2.29. The molecule has 0 saturated carbocycles. The van der Waals surface area contributed by atoms with Crippen molar-refractivity contribution in [2.24, 2.45) is 0 Å². The number of benzene rings is 2. The zero-order valence-corrected chi connectivity index (χ0v) is 22.9. The van der Waals surface area contributed by atoms with E-state index in [1.807, 2.05) is 0 Å². The topological polar surface area (TPSA) is 106 Å². The van der Waals surface area contributed by atoms with Gasteiger partial charge in [0.25, 0.3) is 5.78 Å². The molecule has 204 valence electrons. The number of rotatable bonds is 9. The lowest BCUT2D eigenvalue weighted by molar-refractivity contribution is -0.132. The Morgan fingerprint density at radius 3 is 2.49 bits per heavy atom. The van der Waals surface area contributed by atoms with Gasteiger partial charge in [-0.1, -0.05) is 48.9 Å². The van der Waals surface area contributed by atoms with Crippen LogP contribution in [0.3, 0.4) is 0 Å². The number of carbonyl (C=O) groups excluding carboxylic acids is 3. The van der Waals surface area contributed by atoms with Crippen molar-refractivity contribution >= 4 is 39.9 Å². The predicted molar refractivity (Wildman–Crippen MR) is 146 cm³/mol. The molecular weight excluding hydrogens is 523 g/mol. The maximum atomic E-state index is 14.4. The Bertz CT molecular complexity index is 1450. The minimum atomic E-state index is -1.08. The Hall–Kier alpha value is -4.05. The van der Waals surface area contributed by atoms with E-state index in [9.17, 15) is 23.9 Å². The largest absolute Gasteiger partial charge is 0.507 e. The van der Waals surface area contributed by atoms with Crippen LogP contribution in [0.25, 0.3) is 5.76 Å². The number of carbonyl (C=O) groups is 3. The van der Waals surface area contributed by atoms with Gasteiger partial charge in [0, 0.05) is 5.56 Å². The molecular formula is C29H29FN2O6S. The zero-order chi connectivity index (χ0) is 28.3. The molecule has 1 aliphatic heterocycles. The predicted octanol–water partition coefficient (Wildman–Crippen LogP) is 5.88. The van der Waals surface area contributed by atoms with Gasteiger partial charge >= 0.3 is 11.9 Å². The number of aromatic nitrogens is 1. The van der Waals surface area contributed by atoms with Crippen LogP contribution in [0, 0.1) is 19.7 Å². The fourth-order valence-electron chi connectivity index (χ4n) is 4.19. The molecule has 0 bridgehead atoms. The molecule has 0 spiro atoms. The van der Waals surface area contributed by atoms with Gasteiger partial charge in [-0.15, -0.1) is 0 Å². The first-order chi connectivity index (χ1) is 18.7. The van der Waals surface area contributed by atoms with Crippen molar-refractivity contribution in [3.8, 4) is 5.75 Å². The number of thiazole rings is 1. The molecule has 1 atom stereocenters. The zero-order valence-electron chi connectivity index (χ0n) is 22.1. The molecule has 8 nitrogen and oxygen atoms in total. The van der Waals surface area contributed by atoms with Crippen molar-refractivity contribution < 1.29 is 33.4 Å². The normalized spacial score (nSPS) is 16.5. The molecule has 1 amide bonds. The lowest BCUT2D eigenvalue weighted by Gasteiger charge is -2.23. The molecule has 0 radical (unpaired) electrons. The number of amides is 1. The van der Waals surface area contributed by atoms with Gasteiger partial charge in [-0.05, 0) is 56.5 Å². The summed E-state index contributed by atoms with van der Waals surface area (Å²) in [6.45, 7) is 7.63. The summed E-state index contributed by atoms with van der Waals surface area (Å²) in [5.41, 5.74) is 1.05. The van der Waals surface area contributed by atoms with Crippen molar-refractivity contribution in [1.82, 2.24) is 4.98 Å². The minimum Gasteiger partial charge on any atom is -0.507 e. The highest BCUT2D eigenvalue weighted by atomic mass is 32.1. The third-order valence-corrected chi connectivity index (χ3v) is 7.44. The number of halogens is 1. The van der Waals surface area contributed by atoms with Gasteiger partial charge < -0.3 is 14.6 Å². The highest BCUT2D eigenvalue weighted by molar-refractivity contribution is 7.17. The number of nitrogens with zero attached hydrogens (tertiary/aromatic N) is 2. The third-order valence-electron chi connectivity index (χ3n) is 6.30. The quantitative estimate of drug-likeness (QED) is 0.116. The SMILES string of the molecule is CCCCOc1ccc([C@H]2C(=C(O)c3ccc(C)c(F)c3)C(=O)C(=O)N2c2nc(C)c(C(=O)OCC)s2)cc1. The Labute approximate surface area is 229 Å². The second-order valence-corrected chi connectivity index (χ2v) is 10.0. The van der Waals surface area contributed by atoms with Gasteiger partial charge in [0.05, 0.1) is 30.5 Å². The van der Waals surface area contributed by atoms with E-state index < -0.39 is 35.3 Å². The summed E-state index contributed by atoms with van der Waals surface area (Å²) in [7, 11) is 0. The average molecular weight is 553 g/mol. The van der Waals surface area contributed by atoms with Crippen LogP contribution < -0.4 is 9.64 Å². The molecule has 1 saturated heterocycles. The highest BCUT2D eigenvalue weighted by Crippen LogP contribution is 2.44. The Kier molecular flexibility index (Phi) is 8.44. The molecule has 1 fully saturated rings. The third kappa shape index (κ3) is 5.56. The number of anilines is 1. The van der Waals surface area contributed by atoms with Gasteiger partial charge in [0.15, 0.2) is 5.13 Å². The summed E-state index contributed by atoms with van der Waals surface area (Å²) in [5, 5.41) is 11.3. The second-order valence-electron chi connectivity index (χ2n) is 9.04. The van der Waals surface area contributed by atoms with E-state index >= 15 is 0 Å². The first kappa shape index (κ1) is 28.0. The van der Waals surface area contributed by atoms with Gasteiger partial charge in [0.2, 0.25) is 0 Å². The maximum Gasteiger partial charge on any atom is 0.350 e. The summed E-state index contributed by atoms with van der Waals surface area (Å²) in [6, 6.07) is 9.82. The summed E-state index contributed by atoms with van der Waals surface area (Å²) in [6.07, 6.45) is 1.87. The van der Waals surface area contributed by atoms with Crippen LogP contribution in [0.15, 0.2) is 48.0 Å². The lowest BCUT2D eigenvalue weighted by atomic mass is 9.95. The van der Waals surface area contributed by atoms with Crippen LogP contribution in [0.5, 0.6) is 5.75 Å². The highest BCUT2D eigenvalue weighted by Gasteiger charge is 2.48. The smallest absolute Gasteiger partial charge is 0.350 e. The monoisotopic (exact) mass is 552 g/mol. The van der Waals surface area contributed by atoms with E-state index in [0.717, 1.165) is 35.1 Å². The van der Waals surface area contributed by atoms with Gasteiger partial charge in [-0.2, -0.15) is 0 Å². The molecule has 2 aromatic carbocycles. The van der Waals surface area contributed by atoms with Crippen molar-refractivity contribution in [2.45, 2.75) is 46.6 Å². The van der Waals surface area contributed by atoms with E-state index in [-0.39, 0.29) is 27.8 Å². The number of unbranched alkanes of at least 4 members (excludes halogenated alkanes) is 1. The number of esters is 1. The molecule has 4 rings (SSSR count). The van der Waals surface area contributed by atoms with Crippen LogP contribution in [0.1, 0.15) is 64.8 Å². The number of aliphatic hydroxyl groups excluding tert-OH is 1. The second kappa shape index (κ2) is 11.8. The molecule has 10 heteroatoms. The number of aliphatic hydroxyl groups is 1. The van der Waals surface area contributed by atoms with Crippen molar-refractivity contribution in [3.05, 3.63) is 81.1 Å². The van der Waals surface area contributed by atoms with E-state index in [1.165, 1.54) is 12.1 Å². The summed E-state index contributed by atoms with van der Waals surface area (Å²) >= 11 is 0.918. The molecule has 0 unspecified atom stereocenters. The summed E-state index contributed by atoms with van der Waals surface area (Å²) in [5.74, 6) is -2.93. The Morgan fingerprint density at radius 2 is 1.85 bits per heavy atom. The maximum absolute atomic E-state index is 14.4. The summed E-state index contributed by atoms with van der Waals surface area (Å²) < 4.78 is 25.2. The molecule has 39 heavy (non-hydrogen) atoms. The van der Waals surface area contributed by atoms with E-state index in [4.69, 9.17) is 9.47 Å². The molecule has 0 aliphatic carbocycles. The fourth-order valence-corrected chi connectivity index (χ4v) is 5.18. The number of ketones is 1. The van der Waals surface area contributed by atoms with Crippen LogP contribution >= 0.6 is 11.3 Å². The molecule has 1 aliphatic rings. The van der Waals surface area contributed by atoms with Crippen molar-refractivity contribution in [3.63, 3.8) is 0 Å². The summed E-state index contributed by atoms with van der Waals surface area (Å²) in [4.78, 5) is 45.0. The van der Waals surface area contributed by atoms with E-state index in [1.54, 1.807) is 45.0 Å². The fraction of sp³-hybridized carbons (Fsp3) is 0.310. The van der Waals surface area contributed by atoms with Crippen LogP contribution in [0.4, 0.5) is 9.52 Å². The van der Waals surface area contributed by atoms with Crippen molar-refractivity contribution in [2.75, 3.05) is 18.1 Å². The van der Waals surface area contributed by atoms with Crippen LogP contribution in [0.2, 0.25) is 0 Å². The van der Waals surface area contributed by atoms with Gasteiger partial charge in [0.1, 0.15) is 22.2 Å². The molecule has 1 N–H and O–H groups in total. The Morgan fingerprint density at radius 1 is 1.13 bits per heavy atom. The standard InChI is InChI=1S/C29H29FN2O6S/c1-5-7-14-38-20-12-10-18(11-13-20)23-22(24(33)19-9-8-16(3)21(30)15-19)25(34)27(35)32(23)29-31-17(4)26(39-29)28(36)37-6-2/h8-13,15,23,33H,5-7,14H2,1-4H3/t23-/m0/s1. The van der Waals surface area contributed by atoms with E-state index in [0.29, 0.717) is 29.2 Å². The Balaban J connectivity index is 1.85. The molecule has 3 aromatic rings. The first-order valence-electron chi connectivity index (χ1n) is 12.6. The number of hydrogen-bond donors (Lipinski definition) is 1. The molecule has 2 heterocycles.